The van der Waals surface area contributed by atoms with Crippen LogP contribution in [0.25, 0.3) is 0 Å². The van der Waals surface area contributed by atoms with Crippen molar-refractivity contribution in [3.05, 3.63) is 65.7 Å². The Bertz CT molecular complexity index is 618. The zero-order chi connectivity index (χ0) is 15.9. The van der Waals surface area contributed by atoms with E-state index >= 15 is 0 Å². The van der Waals surface area contributed by atoms with E-state index in [0.717, 1.165) is 31.7 Å². The molecule has 1 atom stereocenters. The molecule has 1 aliphatic rings. The standard InChI is InChI=1S/C19H22N2O2/c22-19(15-7-2-1-3-8-15)21-12-6-11-20-14-17-13-16-9-4-5-10-18(16)23-17/h1-5,7-10,17,20H,6,11-14H2,(H,21,22). The van der Waals surface area contributed by atoms with E-state index in [0.29, 0.717) is 12.1 Å². The minimum Gasteiger partial charge on any atom is -0.488 e. The number of nitrogens with one attached hydrogen (secondary N) is 2. The number of para-hydroxylation sites is 1. The highest BCUT2D eigenvalue weighted by atomic mass is 16.5. The Morgan fingerprint density at radius 2 is 1.83 bits per heavy atom. The fourth-order valence-corrected chi connectivity index (χ4v) is 2.74. The number of benzene rings is 2. The van der Waals surface area contributed by atoms with Crippen LogP contribution in [0.4, 0.5) is 0 Å². The van der Waals surface area contributed by atoms with Crippen molar-refractivity contribution in [2.75, 3.05) is 19.6 Å². The van der Waals surface area contributed by atoms with Crippen LogP contribution in [0.15, 0.2) is 54.6 Å². The van der Waals surface area contributed by atoms with Crippen LogP contribution in [0, 0.1) is 0 Å². The summed E-state index contributed by atoms with van der Waals surface area (Å²) in [6.45, 7) is 2.37. The second kappa shape index (κ2) is 7.79. The van der Waals surface area contributed by atoms with E-state index in [1.807, 2.05) is 48.5 Å². The lowest BCUT2D eigenvalue weighted by Crippen LogP contribution is -2.32. The minimum atomic E-state index is -0.0137. The molecule has 0 aliphatic carbocycles. The molecule has 0 radical (unpaired) electrons. The number of carbonyl (C=O) groups is 1. The number of hydrogen-bond acceptors (Lipinski definition) is 3. The number of hydrogen-bond donors (Lipinski definition) is 2. The zero-order valence-corrected chi connectivity index (χ0v) is 13.1. The van der Waals surface area contributed by atoms with Crippen molar-refractivity contribution in [1.82, 2.24) is 10.6 Å². The Hall–Kier alpha value is -2.33. The molecule has 3 rings (SSSR count). The molecule has 1 heterocycles. The van der Waals surface area contributed by atoms with Gasteiger partial charge < -0.3 is 15.4 Å². The van der Waals surface area contributed by atoms with Crippen molar-refractivity contribution < 1.29 is 9.53 Å². The maximum absolute atomic E-state index is 11.9. The summed E-state index contributed by atoms with van der Waals surface area (Å²) in [7, 11) is 0. The number of fused-ring (bicyclic) bond motifs is 1. The van der Waals surface area contributed by atoms with Crippen LogP contribution >= 0.6 is 0 Å². The van der Waals surface area contributed by atoms with Crippen molar-refractivity contribution >= 4 is 5.91 Å². The Morgan fingerprint density at radius 1 is 1.04 bits per heavy atom. The van der Waals surface area contributed by atoms with Crippen molar-refractivity contribution in [1.29, 1.82) is 0 Å². The molecule has 1 amide bonds. The van der Waals surface area contributed by atoms with Gasteiger partial charge in [-0.2, -0.15) is 0 Å². The molecule has 0 spiro atoms. The van der Waals surface area contributed by atoms with Crippen LogP contribution in [0.1, 0.15) is 22.3 Å². The Labute approximate surface area is 136 Å². The van der Waals surface area contributed by atoms with E-state index in [4.69, 9.17) is 4.74 Å². The molecular formula is C19H22N2O2. The molecule has 0 aromatic heterocycles. The molecule has 0 saturated heterocycles. The summed E-state index contributed by atoms with van der Waals surface area (Å²) < 4.78 is 5.88. The Morgan fingerprint density at radius 3 is 2.65 bits per heavy atom. The van der Waals surface area contributed by atoms with Gasteiger partial charge in [0.15, 0.2) is 0 Å². The molecule has 2 aromatic rings. The smallest absolute Gasteiger partial charge is 0.251 e. The third-order valence-electron chi connectivity index (χ3n) is 3.94. The number of amides is 1. The molecule has 4 heteroatoms. The van der Waals surface area contributed by atoms with Gasteiger partial charge in [-0.05, 0) is 36.7 Å². The van der Waals surface area contributed by atoms with E-state index in [1.165, 1.54) is 5.56 Å². The van der Waals surface area contributed by atoms with Gasteiger partial charge in [0.25, 0.3) is 5.91 Å². The van der Waals surface area contributed by atoms with Gasteiger partial charge in [-0.3, -0.25) is 4.79 Å². The predicted octanol–water partition coefficient (Wildman–Crippen LogP) is 2.40. The summed E-state index contributed by atoms with van der Waals surface area (Å²) in [5, 5.41) is 6.33. The molecule has 2 N–H and O–H groups in total. The predicted molar refractivity (Wildman–Crippen MR) is 90.8 cm³/mol. The first kappa shape index (κ1) is 15.6. The van der Waals surface area contributed by atoms with Gasteiger partial charge in [-0.25, -0.2) is 0 Å². The fraction of sp³-hybridized carbons (Fsp3) is 0.316. The normalized spacial score (nSPS) is 15.7. The maximum atomic E-state index is 11.9. The molecule has 4 nitrogen and oxygen atoms in total. The molecule has 0 saturated carbocycles. The monoisotopic (exact) mass is 310 g/mol. The number of ether oxygens (including phenoxy) is 1. The van der Waals surface area contributed by atoms with E-state index < -0.39 is 0 Å². The van der Waals surface area contributed by atoms with Crippen LogP contribution in [0.3, 0.4) is 0 Å². The van der Waals surface area contributed by atoms with E-state index in [9.17, 15) is 4.79 Å². The summed E-state index contributed by atoms with van der Waals surface area (Å²) in [6, 6.07) is 17.5. The lowest BCUT2D eigenvalue weighted by Gasteiger charge is -2.12. The van der Waals surface area contributed by atoms with Crippen molar-refractivity contribution in [2.24, 2.45) is 0 Å². The van der Waals surface area contributed by atoms with Crippen LogP contribution in [-0.4, -0.2) is 31.6 Å². The van der Waals surface area contributed by atoms with Gasteiger partial charge in [0.2, 0.25) is 0 Å². The summed E-state index contributed by atoms with van der Waals surface area (Å²) in [6.07, 6.45) is 2.08. The average Bonchev–Trinajstić information content (AvgIpc) is 3.01. The maximum Gasteiger partial charge on any atom is 0.251 e. The molecular weight excluding hydrogens is 288 g/mol. The molecule has 2 aromatic carbocycles. The fourth-order valence-electron chi connectivity index (χ4n) is 2.74. The summed E-state index contributed by atoms with van der Waals surface area (Å²) in [5.74, 6) is 0.995. The summed E-state index contributed by atoms with van der Waals surface area (Å²) in [4.78, 5) is 11.9. The van der Waals surface area contributed by atoms with Gasteiger partial charge in [-0.1, -0.05) is 36.4 Å². The largest absolute Gasteiger partial charge is 0.488 e. The highest BCUT2D eigenvalue weighted by Gasteiger charge is 2.21. The zero-order valence-electron chi connectivity index (χ0n) is 13.1. The van der Waals surface area contributed by atoms with Gasteiger partial charge in [0.1, 0.15) is 11.9 Å². The number of carbonyl (C=O) groups excluding carboxylic acids is 1. The third kappa shape index (κ3) is 4.33. The molecule has 1 aliphatic heterocycles. The van der Waals surface area contributed by atoms with E-state index in [2.05, 4.69) is 16.7 Å². The lowest BCUT2D eigenvalue weighted by atomic mass is 10.1. The van der Waals surface area contributed by atoms with Gasteiger partial charge >= 0.3 is 0 Å². The average molecular weight is 310 g/mol. The van der Waals surface area contributed by atoms with Crippen LogP contribution in [0.5, 0.6) is 5.75 Å². The molecule has 1 unspecified atom stereocenters. The van der Waals surface area contributed by atoms with Gasteiger partial charge in [0, 0.05) is 25.1 Å². The van der Waals surface area contributed by atoms with Crippen LogP contribution < -0.4 is 15.4 Å². The first-order valence-electron chi connectivity index (χ1n) is 8.11. The second-order valence-electron chi connectivity index (χ2n) is 5.73. The highest BCUT2D eigenvalue weighted by Crippen LogP contribution is 2.27. The van der Waals surface area contributed by atoms with Crippen LogP contribution in [-0.2, 0) is 6.42 Å². The van der Waals surface area contributed by atoms with Crippen LogP contribution in [0.2, 0.25) is 0 Å². The Balaban J connectivity index is 1.28. The summed E-state index contributed by atoms with van der Waals surface area (Å²) in [5.41, 5.74) is 1.99. The second-order valence-corrected chi connectivity index (χ2v) is 5.73. The topological polar surface area (TPSA) is 50.4 Å². The minimum absolute atomic E-state index is 0.0137. The molecule has 0 bridgehead atoms. The van der Waals surface area contributed by atoms with Crippen molar-refractivity contribution in [3.63, 3.8) is 0 Å². The Kier molecular flexibility index (Phi) is 5.27. The van der Waals surface area contributed by atoms with E-state index in [-0.39, 0.29) is 12.0 Å². The molecule has 120 valence electrons. The SMILES string of the molecule is O=C(NCCCNCC1Cc2ccccc2O1)c1ccccc1. The quantitative estimate of drug-likeness (QED) is 0.772. The third-order valence-corrected chi connectivity index (χ3v) is 3.94. The highest BCUT2D eigenvalue weighted by molar-refractivity contribution is 5.94. The first-order valence-corrected chi connectivity index (χ1v) is 8.11. The first-order chi connectivity index (χ1) is 11.3. The van der Waals surface area contributed by atoms with Crippen molar-refractivity contribution in [3.8, 4) is 5.75 Å². The number of rotatable bonds is 7. The molecule has 0 fully saturated rings. The van der Waals surface area contributed by atoms with Gasteiger partial charge in [0.05, 0.1) is 0 Å². The van der Waals surface area contributed by atoms with Gasteiger partial charge in [-0.15, -0.1) is 0 Å². The van der Waals surface area contributed by atoms with Crippen molar-refractivity contribution in [2.45, 2.75) is 18.9 Å². The summed E-state index contributed by atoms with van der Waals surface area (Å²) >= 11 is 0. The molecule has 23 heavy (non-hydrogen) atoms. The van der Waals surface area contributed by atoms with E-state index in [1.54, 1.807) is 0 Å². The lowest BCUT2D eigenvalue weighted by molar-refractivity contribution is 0.0953.